The molecule has 1 atom stereocenters. The number of hydrogen-bond acceptors (Lipinski definition) is 3. The highest BCUT2D eigenvalue weighted by Gasteiger charge is 2.28. The summed E-state index contributed by atoms with van der Waals surface area (Å²) in [7, 11) is 0. The van der Waals surface area contributed by atoms with Crippen LogP contribution in [-0.4, -0.2) is 43.7 Å². The van der Waals surface area contributed by atoms with Gasteiger partial charge in [-0.25, -0.2) is 0 Å². The van der Waals surface area contributed by atoms with Crippen molar-refractivity contribution in [1.29, 1.82) is 0 Å². The van der Waals surface area contributed by atoms with Gasteiger partial charge in [0.05, 0.1) is 6.54 Å². The monoisotopic (exact) mass is 239 g/mol. The molecule has 0 aliphatic carbocycles. The van der Waals surface area contributed by atoms with E-state index in [-0.39, 0.29) is 24.9 Å². The second kappa shape index (κ2) is 5.15. The molecule has 1 fully saturated rings. The molecular formula is C8H12F3N3O2. The fourth-order valence-corrected chi connectivity index (χ4v) is 1.25. The van der Waals surface area contributed by atoms with Crippen LogP contribution in [0.15, 0.2) is 0 Å². The summed E-state index contributed by atoms with van der Waals surface area (Å²) in [5.74, 6) is -0.870. The zero-order chi connectivity index (χ0) is 12.2. The normalized spacial score (nSPS) is 20.7. The molecule has 0 spiro atoms. The van der Waals surface area contributed by atoms with Crippen LogP contribution in [0.5, 0.6) is 0 Å². The maximum atomic E-state index is 11.7. The highest BCUT2D eigenvalue weighted by molar-refractivity contribution is 5.80. The van der Waals surface area contributed by atoms with Gasteiger partial charge in [-0.15, -0.1) is 0 Å². The van der Waals surface area contributed by atoms with Crippen molar-refractivity contribution >= 4 is 11.8 Å². The number of carbonyl (C=O) groups is 2. The molecule has 92 valence electrons. The molecular weight excluding hydrogens is 227 g/mol. The molecule has 1 aliphatic heterocycles. The van der Waals surface area contributed by atoms with Gasteiger partial charge in [0, 0.05) is 19.0 Å². The van der Waals surface area contributed by atoms with Crippen LogP contribution in [0.4, 0.5) is 13.2 Å². The lowest BCUT2D eigenvalue weighted by atomic mass is 10.2. The molecule has 0 radical (unpaired) electrons. The summed E-state index contributed by atoms with van der Waals surface area (Å²) in [5.41, 5.74) is 0. The van der Waals surface area contributed by atoms with Gasteiger partial charge in [0.2, 0.25) is 11.8 Å². The molecule has 1 unspecified atom stereocenters. The van der Waals surface area contributed by atoms with Crippen LogP contribution >= 0.6 is 0 Å². The van der Waals surface area contributed by atoms with E-state index in [1.54, 1.807) is 5.32 Å². The second-order valence-electron chi connectivity index (χ2n) is 3.48. The first-order chi connectivity index (χ1) is 7.37. The Labute approximate surface area is 89.8 Å². The zero-order valence-electron chi connectivity index (χ0n) is 8.36. The van der Waals surface area contributed by atoms with E-state index in [2.05, 4.69) is 10.6 Å². The van der Waals surface area contributed by atoms with Gasteiger partial charge >= 0.3 is 6.18 Å². The Balaban J connectivity index is 2.13. The van der Waals surface area contributed by atoms with Crippen molar-refractivity contribution < 1.29 is 22.8 Å². The third kappa shape index (κ3) is 4.96. The number of carbonyl (C=O) groups excluding carboxylic acids is 2. The lowest BCUT2D eigenvalue weighted by Crippen LogP contribution is -2.42. The molecule has 0 aromatic carbocycles. The van der Waals surface area contributed by atoms with E-state index >= 15 is 0 Å². The van der Waals surface area contributed by atoms with Gasteiger partial charge in [0.15, 0.2) is 0 Å². The smallest absolute Gasteiger partial charge is 0.354 e. The summed E-state index contributed by atoms with van der Waals surface area (Å²) < 4.78 is 35.2. The van der Waals surface area contributed by atoms with Gasteiger partial charge in [0.25, 0.3) is 0 Å². The lowest BCUT2D eigenvalue weighted by molar-refractivity contribution is -0.137. The molecule has 5 nitrogen and oxygen atoms in total. The first-order valence-corrected chi connectivity index (χ1v) is 4.70. The Kier molecular flexibility index (Phi) is 4.11. The number of nitrogens with one attached hydrogen (secondary N) is 3. The van der Waals surface area contributed by atoms with Gasteiger partial charge in [0.1, 0.15) is 6.54 Å². The van der Waals surface area contributed by atoms with E-state index in [0.717, 1.165) is 0 Å². The third-order valence-electron chi connectivity index (χ3n) is 2.01. The molecule has 8 heteroatoms. The standard InChI is InChI=1S/C8H12F3N3O2/c9-8(10,11)4-14-7(16)3-12-5-1-6(15)13-2-5/h5,12H,1-4H2,(H,13,15)(H,14,16). The number of hydrogen-bond donors (Lipinski definition) is 3. The van der Waals surface area contributed by atoms with Gasteiger partial charge in [-0.3, -0.25) is 9.59 Å². The highest BCUT2D eigenvalue weighted by Crippen LogP contribution is 2.11. The van der Waals surface area contributed by atoms with Crippen molar-refractivity contribution in [2.45, 2.75) is 18.6 Å². The Hall–Kier alpha value is -1.31. The summed E-state index contributed by atoms with van der Waals surface area (Å²) in [5, 5.41) is 6.95. The second-order valence-corrected chi connectivity index (χ2v) is 3.48. The fraction of sp³-hybridized carbons (Fsp3) is 0.750. The minimum absolute atomic E-state index is 0.131. The Bertz CT molecular complexity index is 280. The van der Waals surface area contributed by atoms with Gasteiger partial charge in [-0.1, -0.05) is 0 Å². The number of amides is 2. The maximum Gasteiger partial charge on any atom is 0.405 e. The van der Waals surface area contributed by atoms with Crippen LogP contribution in [0, 0.1) is 0 Å². The van der Waals surface area contributed by atoms with Crippen molar-refractivity contribution in [1.82, 2.24) is 16.0 Å². The summed E-state index contributed by atoms with van der Waals surface area (Å²) >= 11 is 0. The Morgan fingerprint density at radius 2 is 2.19 bits per heavy atom. The number of halogens is 3. The average molecular weight is 239 g/mol. The van der Waals surface area contributed by atoms with E-state index in [4.69, 9.17) is 0 Å². The van der Waals surface area contributed by atoms with Crippen LogP contribution < -0.4 is 16.0 Å². The van der Waals surface area contributed by atoms with Gasteiger partial charge < -0.3 is 16.0 Å². The topological polar surface area (TPSA) is 70.2 Å². The quantitative estimate of drug-likeness (QED) is 0.598. The van der Waals surface area contributed by atoms with E-state index in [1.807, 2.05) is 0 Å². The van der Waals surface area contributed by atoms with Crippen LogP contribution in [0.3, 0.4) is 0 Å². The summed E-state index contributed by atoms with van der Waals surface area (Å²) in [4.78, 5) is 21.7. The van der Waals surface area contributed by atoms with Crippen molar-refractivity contribution in [2.24, 2.45) is 0 Å². The average Bonchev–Trinajstić information content (AvgIpc) is 2.57. The van der Waals surface area contributed by atoms with E-state index in [0.29, 0.717) is 6.54 Å². The molecule has 1 heterocycles. The van der Waals surface area contributed by atoms with Gasteiger partial charge in [-0.2, -0.15) is 13.2 Å². The first kappa shape index (κ1) is 12.8. The summed E-state index contributed by atoms with van der Waals surface area (Å²) in [6.45, 7) is -1.17. The SMILES string of the molecule is O=C(CNC1CNC(=O)C1)NCC(F)(F)F. The predicted octanol–water partition coefficient (Wildman–Crippen LogP) is -0.857. The lowest BCUT2D eigenvalue weighted by Gasteiger charge is -2.11. The predicted molar refractivity (Wildman–Crippen MR) is 48.5 cm³/mol. The van der Waals surface area contributed by atoms with Crippen molar-refractivity contribution in [3.05, 3.63) is 0 Å². The third-order valence-corrected chi connectivity index (χ3v) is 2.01. The summed E-state index contributed by atoms with van der Waals surface area (Å²) in [6.07, 6.45) is -4.16. The molecule has 0 bridgehead atoms. The highest BCUT2D eigenvalue weighted by atomic mass is 19.4. The number of rotatable bonds is 4. The van der Waals surface area contributed by atoms with E-state index in [1.165, 1.54) is 0 Å². The van der Waals surface area contributed by atoms with Crippen LogP contribution in [0.1, 0.15) is 6.42 Å². The van der Waals surface area contributed by atoms with Crippen LogP contribution in [0.25, 0.3) is 0 Å². The zero-order valence-corrected chi connectivity index (χ0v) is 8.36. The molecule has 2 amide bonds. The summed E-state index contributed by atoms with van der Waals surface area (Å²) in [6, 6.07) is -0.191. The van der Waals surface area contributed by atoms with E-state index in [9.17, 15) is 22.8 Å². The van der Waals surface area contributed by atoms with E-state index < -0.39 is 18.6 Å². The van der Waals surface area contributed by atoms with Crippen molar-refractivity contribution in [3.63, 3.8) is 0 Å². The van der Waals surface area contributed by atoms with Crippen molar-refractivity contribution in [3.8, 4) is 0 Å². The van der Waals surface area contributed by atoms with Gasteiger partial charge in [-0.05, 0) is 0 Å². The largest absolute Gasteiger partial charge is 0.405 e. The molecule has 0 aromatic rings. The molecule has 1 rings (SSSR count). The molecule has 0 aromatic heterocycles. The fourth-order valence-electron chi connectivity index (χ4n) is 1.25. The molecule has 1 saturated heterocycles. The Morgan fingerprint density at radius 3 is 2.69 bits per heavy atom. The minimum atomic E-state index is -4.40. The minimum Gasteiger partial charge on any atom is -0.354 e. The molecule has 16 heavy (non-hydrogen) atoms. The molecule has 3 N–H and O–H groups in total. The van der Waals surface area contributed by atoms with Crippen molar-refractivity contribution in [2.75, 3.05) is 19.6 Å². The Morgan fingerprint density at radius 1 is 1.50 bits per heavy atom. The maximum absolute atomic E-state index is 11.7. The number of alkyl halides is 3. The molecule has 1 aliphatic rings. The molecule has 0 saturated carbocycles. The first-order valence-electron chi connectivity index (χ1n) is 4.70. The van der Waals surface area contributed by atoms with Crippen LogP contribution in [0.2, 0.25) is 0 Å². The van der Waals surface area contributed by atoms with Crippen LogP contribution in [-0.2, 0) is 9.59 Å².